The summed E-state index contributed by atoms with van der Waals surface area (Å²) in [5, 5.41) is 3.79. The molecule has 2 amide bonds. The Morgan fingerprint density at radius 3 is 2.23 bits per heavy atom. The van der Waals surface area contributed by atoms with Crippen molar-refractivity contribution in [3.63, 3.8) is 0 Å². The van der Waals surface area contributed by atoms with Gasteiger partial charge in [-0.2, -0.15) is 0 Å². The van der Waals surface area contributed by atoms with E-state index in [0.717, 1.165) is 29.7 Å². The largest absolute Gasteiger partial charge is 0.381 e. The molecule has 0 aromatic heterocycles. The van der Waals surface area contributed by atoms with E-state index in [9.17, 15) is 9.59 Å². The smallest absolute Gasteiger partial charge is 0.278 e. The first kappa shape index (κ1) is 23.0. The van der Waals surface area contributed by atoms with Crippen LogP contribution >= 0.6 is 11.6 Å². The Morgan fingerprint density at radius 1 is 0.935 bits per heavy atom. The van der Waals surface area contributed by atoms with Crippen LogP contribution in [0.15, 0.2) is 48.2 Å². The van der Waals surface area contributed by atoms with E-state index in [2.05, 4.69) is 18.3 Å². The highest BCUT2D eigenvalue weighted by atomic mass is 35.5. The van der Waals surface area contributed by atoms with Crippen molar-refractivity contribution in [3.8, 4) is 0 Å². The lowest BCUT2D eigenvalue weighted by Gasteiger charge is -2.15. The van der Waals surface area contributed by atoms with E-state index in [-0.39, 0.29) is 11.8 Å². The number of unbranched alkanes of at least 4 members (excludes halogenated alkanes) is 1. The average Bonchev–Trinajstić information content (AvgIpc) is 2.94. The van der Waals surface area contributed by atoms with Crippen LogP contribution in [0.4, 0.5) is 5.69 Å². The third-order valence-electron chi connectivity index (χ3n) is 5.10. The van der Waals surface area contributed by atoms with Crippen molar-refractivity contribution < 1.29 is 14.3 Å². The highest BCUT2D eigenvalue weighted by molar-refractivity contribution is 6.36. The Bertz CT molecular complexity index is 963. The molecule has 3 rings (SSSR count). The molecule has 1 heterocycles. The summed E-state index contributed by atoms with van der Waals surface area (Å²) in [7, 11) is 0. The molecule has 0 saturated heterocycles. The summed E-state index contributed by atoms with van der Waals surface area (Å²) in [6, 6.07) is 13.0. The Labute approximate surface area is 189 Å². The molecular formula is C25H29ClN2O3. The minimum Gasteiger partial charge on any atom is -0.381 e. The lowest BCUT2D eigenvalue weighted by atomic mass is 10.0. The van der Waals surface area contributed by atoms with Crippen molar-refractivity contribution in [2.75, 3.05) is 25.1 Å². The molecule has 164 valence electrons. The van der Waals surface area contributed by atoms with Crippen LogP contribution in [0.2, 0.25) is 5.02 Å². The molecule has 0 saturated carbocycles. The van der Waals surface area contributed by atoms with Crippen LogP contribution in [0.25, 0.3) is 5.57 Å². The molecule has 0 atom stereocenters. The fourth-order valence-corrected chi connectivity index (χ4v) is 3.77. The zero-order valence-corrected chi connectivity index (χ0v) is 19.1. The van der Waals surface area contributed by atoms with E-state index in [4.69, 9.17) is 16.3 Å². The summed E-state index contributed by atoms with van der Waals surface area (Å²) in [5.41, 5.74) is 4.26. The first-order valence-corrected chi connectivity index (χ1v) is 11.1. The molecule has 2 aromatic rings. The fourth-order valence-electron chi connectivity index (χ4n) is 3.64. The van der Waals surface area contributed by atoms with Crippen LogP contribution in [-0.2, 0) is 14.3 Å². The molecule has 6 heteroatoms. The van der Waals surface area contributed by atoms with Gasteiger partial charge in [-0.25, -0.2) is 0 Å². The van der Waals surface area contributed by atoms with Crippen molar-refractivity contribution >= 4 is 34.7 Å². The SMILES string of the molecule is CCCCOCCCN1C(=O)C(Nc2cc(C)cc(C)c2)=C(c2ccc(Cl)cc2)C1=O. The molecule has 0 radical (unpaired) electrons. The third kappa shape index (κ3) is 5.75. The summed E-state index contributed by atoms with van der Waals surface area (Å²) in [6.07, 6.45) is 2.69. The van der Waals surface area contributed by atoms with Gasteiger partial charge in [0.25, 0.3) is 11.8 Å². The summed E-state index contributed by atoms with van der Waals surface area (Å²) < 4.78 is 5.58. The summed E-state index contributed by atoms with van der Waals surface area (Å²) in [5.74, 6) is -0.615. The number of anilines is 1. The third-order valence-corrected chi connectivity index (χ3v) is 5.36. The van der Waals surface area contributed by atoms with E-state index < -0.39 is 0 Å². The molecule has 0 unspecified atom stereocenters. The normalized spacial score (nSPS) is 14.0. The average molecular weight is 441 g/mol. The molecule has 5 nitrogen and oxygen atoms in total. The first-order chi connectivity index (χ1) is 14.9. The van der Waals surface area contributed by atoms with Crippen molar-refractivity contribution in [3.05, 3.63) is 69.9 Å². The van der Waals surface area contributed by atoms with Crippen LogP contribution in [0, 0.1) is 13.8 Å². The van der Waals surface area contributed by atoms with E-state index in [1.54, 1.807) is 24.3 Å². The second kappa shape index (κ2) is 10.6. The number of halogens is 1. The van der Waals surface area contributed by atoms with E-state index in [0.29, 0.717) is 48.0 Å². The molecule has 2 aromatic carbocycles. The van der Waals surface area contributed by atoms with Crippen molar-refractivity contribution in [1.82, 2.24) is 4.90 Å². The quantitative estimate of drug-likeness (QED) is 0.399. The van der Waals surface area contributed by atoms with Crippen molar-refractivity contribution in [1.29, 1.82) is 0 Å². The Balaban J connectivity index is 1.85. The number of carbonyl (C=O) groups is 2. The molecule has 1 aliphatic heterocycles. The van der Waals surface area contributed by atoms with E-state index >= 15 is 0 Å². The summed E-state index contributed by atoms with van der Waals surface area (Å²) in [6.45, 7) is 7.65. The lowest BCUT2D eigenvalue weighted by molar-refractivity contribution is -0.137. The number of nitrogens with one attached hydrogen (secondary N) is 1. The van der Waals surface area contributed by atoms with Gasteiger partial charge in [0.05, 0.1) is 5.57 Å². The molecule has 1 aliphatic rings. The molecule has 1 N–H and O–H groups in total. The van der Waals surface area contributed by atoms with Gasteiger partial charge in [-0.05, 0) is 67.6 Å². The van der Waals surface area contributed by atoms with E-state index in [1.165, 1.54) is 4.90 Å². The van der Waals surface area contributed by atoms with Gasteiger partial charge >= 0.3 is 0 Å². The Morgan fingerprint density at radius 2 is 1.58 bits per heavy atom. The minimum atomic E-state index is -0.317. The topological polar surface area (TPSA) is 58.6 Å². The zero-order chi connectivity index (χ0) is 22.4. The van der Waals surface area contributed by atoms with Gasteiger partial charge in [0, 0.05) is 30.5 Å². The highest BCUT2D eigenvalue weighted by Gasteiger charge is 2.38. The number of amides is 2. The standard InChI is InChI=1S/C25H29ClN2O3/c1-4-5-12-31-13-6-11-28-24(29)22(19-7-9-20(26)10-8-19)23(25(28)30)27-21-15-17(2)14-18(3)16-21/h7-10,14-16,27H,4-6,11-13H2,1-3H3. The molecular weight excluding hydrogens is 412 g/mol. The van der Waals surface area contributed by atoms with Gasteiger partial charge in [0.15, 0.2) is 0 Å². The van der Waals surface area contributed by atoms with Crippen LogP contribution in [0.3, 0.4) is 0 Å². The summed E-state index contributed by atoms with van der Waals surface area (Å²) in [4.78, 5) is 27.8. The molecule has 0 spiro atoms. The van der Waals surface area contributed by atoms with Crippen LogP contribution < -0.4 is 5.32 Å². The number of ether oxygens (including phenoxy) is 1. The second-order valence-corrected chi connectivity index (χ2v) is 8.28. The number of hydrogen-bond donors (Lipinski definition) is 1. The fraction of sp³-hybridized carbons (Fsp3) is 0.360. The monoisotopic (exact) mass is 440 g/mol. The predicted molar refractivity (Wildman–Crippen MR) is 125 cm³/mol. The minimum absolute atomic E-state index is 0.296. The maximum absolute atomic E-state index is 13.2. The number of hydrogen-bond acceptors (Lipinski definition) is 4. The summed E-state index contributed by atoms with van der Waals surface area (Å²) >= 11 is 6.03. The molecule has 31 heavy (non-hydrogen) atoms. The lowest BCUT2D eigenvalue weighted by Crippen LogP contribution is -2.34. The van der Waals surface area contributed by atoms with Crippen LogP contribution in [0.1, 0.15) is 42.9 Å². The Kier molecular flexibility index (Phi) is 7.88. The highest BCUT2D eigenvalue weighted by Crippen LogP contribution is 2.31. The van der Waals surface area contributed by atoms with Gasteiger partial charge in [-0.3, -0.25) is 14.5 Å². The van der Waals surface area contributed by atoms with Gasteiger partial charge < -0.3 is 10.1 Å². The number of aryl methyl sites for hydroxylation is 2. The van der Waals surface area contributed by atoms with Crippen LogP contribution in [0.5, 0.6) is 0 Å². The van der Waals surface area contributed by atoms with Gasteiger partial charge in [0.1, 0.15) is 5.70 Å². The number of rotatable bonds is 10. The zero-order valence-electron chi connectivity index (χ0n) is 18.3. The number of imide groups is 1. The molecule has 0 bridgehead atoms. The number of benzene rings is 2. The van der Waals surface area contributed by atoms with Crippen LogP contribution in [-0.4, -0.2) is 36.5 Å². The predicted octanol–water partition coefficient (Wildman–Crippen LogP) is 5.36. The Hall–Kier alpha value is -2.63. The second-order valence-electron chi connectivity index (χ2n) is 7.84. The maximum Gasteiger partial charge on any atom is 0.278 e. The number of carbonyl (C=O) groups excluding carboxylic acids is 2. The maximum atomic E-state index is 13.2. The van der Waals surface area contributed by atoms with Crippen molar-refractivity contribution in [2.45, 2.75) is 40.0 Å². The van der Waals surface area contributed by atoms with Crippen molar-refractivity contribution in [2.24, 2.45) is 0 Å². The molecule has 0 fully saturated rings. The first-order valence-electron chi connectivity index (χ1n) is 10.7. The van der Waals surface area contributed by atoms with Gasteiger partial charge in [0.2, 0.25) is 0 Å². The van der Waals surface area contributed by atoms with E-state index in [1.807, 2.05) is 26.0 Å². The van der Waals surface area contributed by atoms with Gasteiger partial charge in [-0.1, -0.05) is 43.1 Å². The molecule has 0 aliphatic carbocycles. The number of nitrogens with zero attached hydrogens (tertiary/aromatic N) is 1. The van der Waals surface area contributed by atoms with Gasteiger partial charge in [-0.15, -0.1) is 0 Å².